The first-order chi connectivity index (χ1) is 7.54. The fourth-order valence-corrected chi connectivity index (χ4v) is 2.02. The molecule has 2 heterocycles. The Morgan fingerprint density at radius 2 is 2.25 bits per heavy atom. The average molecular weight is 236 g/mol. The summed E-state index contributed by atoms with van der Waals surface area (Å²) in [4.78, 5) is 4.55. The fraction of sp³-hybridized carbons (Fsp3) is 0.417. The summed E-state index contributed by atoms with van der Waals surface area (Å²) < 4.78 is 5.04. The van der Waals surface area contributed by atoms with E-state index in [-0.39, 0.29) is 5.54 Å². The van der Waals surface area contributed by atoms with Crippen molar-refractivity contribution in [3.63, 3.8) is 0 Å². The van der Waals surface area contributed by atoms with E-state index in [1.54, 1.807) is 23.9 Å². The standard InChI is InChI=1S/C12H16N2OS/c1-12(2,3)13-6-11-14-10(8-16-11)9-4-5-15-7-9/h4-5,7-8,13H,6H2,1-3H3. The Bertz CT molecular complexity index is 440. The Kier molecular flexibility index (Phi) is 3.12. The van der Waals surface area contributed by atoms with Crippen LogP contribution in [0.2, 0.25) is 0 Å². The predicted molar refractivity (Wildman–Crippen MR) is 66.4 cm³/mol. The molecule has 2 aromatic rings. The minimum atomic E-state index is 0.126. The lowest BCUT2D eigenvalue weighted by molar-refractivity contribution is 0.424. The first-order valence-electron chi connectivity index (χ1n) is 5.26. The molecule has 0 spiro atoms. The van der Waals surface area contributed by atoms with Gasteiger partial charge in [-0.1, -0.05) is 0 Å². The highest BCUT2D eigenvalue weighted by Crippen LogP contribution is 2.22. The van der Waals surface area contributed by atoms with Crippen LogP contribution in [0.4, 0.5) is 0 Å². The molecule has 0 aromatic carbocycles. The maximum atomic E-state index is 5.04. The molecule has 0 radical (unpaired) electrons. The van der Waals surface area contributed by atoms with Gasteiger partial charge in [0.05, 0.1) is 18.2 Å². The van der Waals surface area contributed by atoms with E-state index in [1.165, 1.54) is 0 Å². The highest BCUT2D eigenvalue weighted by molar-refractivity contribution is 7.09. The van der Waals surface area contributed by atoms with Crippen LogP contribution in [0.15, 0.2) is 28.4 Å². The van der Waals surface area contributed by atoms with Gasteiger partial charge in [-0.2, -0.15) is 0 Å². The summed E-state index contributed by atoms with van der Waals surface area (Å²) in [6.45, 7) is 7.26. The van der Waals surface area contributed by atoms with Gasteiger partial charge in [0.15, 0.2) is 0 Å². The van der Waals surface area contributed by atoms with Crippen LogP contribution in [-0.4, -0.2) is 10.5 Å². The molecule has 0 aliphatic carbocycles. The van der Waals surface area contributed by atoms with Gasteiger partial charge in [-0.3, -0.25) is 0 Å². The van der Waals surface area contributed by atoms with Gasteiger partial charge >= 0.3 is 0 Å². The minimum Gasteiger partial charge on any atom is -0.472 e. The molecular weight excluding hydrogens is 220 g/mol. The number of nitrogens with zero attached hydrogens (tertiary/aromatic N) is 1. The SMILES string of the molecule is CC(C)(C)NCc1nc(-c2ccoc2)cs1. The van der Waals surface area contributed by atoms with Crippen LogP contribution in [0.3, 0.4) is 0 Å². The number of hydrogen-bond donors (Lipinski definition) is 1. The van der Waals surface area contributed by atoms with Crippen LogP contribution >= 0.6 is 11.3 Å². The lowest BCUT2D eigenvalue weighted by Gasteiger charge is -2.19. The van der Waals surface area contributed by atoms with E-state index in [0.29, 0.717) is 0 Å². The van der Waals surface area contributed by atoms with Crippen LogP contribution in [0.25, 0.3) is 11.3 Å². The van der Waals surface area contributed by atoms with Crippen molar-refractivity contribution in [1.82, 2.24) is 10.3 Å². The third kappa shape index (κ3) is 2.93. The van der Waals surface area contributed by atoms with Crippen LogP contribution in [-0.2, 0) is 6.54 Å². The highest BCUT2D eigenvalue weighted by Gasteiger charge is 2.11. The number of aromatic nitrogens is 1. The number of rotatable bonds is 3. The van der Waals surface area contributed by atoms with E-state index in [4.69, 9.17) is 4.42 Å². The largest absolute Gasteiger partial charge is 0.472 e. The van der Waals surface area contributed by atoms with E-state index in [2.05, 4.69) is 36.5 Å². The number of thiazole rings is 1. The van der Waals surface area contributed by atoms with Crippen molar-refractivity contribution in [2.45, 2.75) is 32.9 Å². The molecule has 0 aliphatic heterocycles. The van der Waals surface area contributed by atoms with Gasteiger partial charge in [0.2, 0.25) is 0 Å². The smallest absolute Gasteiger partial charge is 0.107 e. The molecule has 0 fully saturated rings. The Morgan fingerprint density at radius 3 is 2.88 bits per heavy atom. The summed E-state index contributed by atoms with van der Waals surface area (Å²) in [5, 5.41) is 6.58. The normalized spacial score (nSPS) is 11.9. The molecular formula is C12H16N2OS. The fourth-order valence-electron chi connectivity index (χ4n) is 1.28. The van der Waals surface area contributed by atoms with Crippen molar-refractivity contribution < 1.29 is 4.42 Å². The Morgan fingerprint density at radius 1 is 1.44 bits per heavy atom. The quantitative estimate of drug-likeness (QED) is 0.888. The van der Waals surface area contributed by atoms with Crippen molar-refractivity contribution in [2.24, 2.45) is 0 Å². The number of furan rings is 1. The number of hydrogen-bond acceptors (Lipinski definition) is 4. The molecule has 0 saturated carbocycles. The van der Waals surface area contributed by atoms with Gasteiger partial charge in [-0.25, -0.2) is 4.98 Å². The Labute approximate surface area is 99.5 Å². The van der Waals surface area contributed by atoms with E-state index in [1.807, 2.05) is 6.07 Å². The molecule has 0 amide bonds. The molecule has 4 heteroatoms. The summed E-state index contributed by atoms with van der Waals surface area (Å²) in [6.07, 6.45) is 3.39. The van der Waals surface area contributed by atoms with Gasteiger partial charge in [0.25, 0.3) is 0 Å². The Hall–Kier alpha value is -1.13. The highest BCUT2D eigenvalue weighted by atomic mass is 32.1. The first kappa shape index (κ1) is 11.4. The second-order valence-corrected chi connectivity index (χ2v) is 5.68. The molecule has 0 atom stereocenters. The zero-order chi connectivity index (χ0) is 11.6. The first-order valence-corrected chi connectivity index (χ1v) is 6.14. The second kappa shape index (κ2) is 4.39. The van der Waals surface area contributed by atoms with Crippen molar-refractivity contribution in [1.29, 1.82) is 0 Å². The molecule has 0 unspecified atom stereocenters. The molecule has 2 rings (SSSR count). The predicted octanol–water partition coefficient (Wildman–Crippen LogP) is 3.29. The van der Waals surface area contributed by atoms with Gasteiger partial charge < -0.3 is 9.73 Å². The van der Waals surface area contributed by atoms with Crippen molar-refractivity contribution in [2.75, 3.05) is 0 Å². The molecule has 16 heavy (non-hydrogen) atoms. The molecule has 2 aromatic heterocycles. The second-order valence-electron chi connectivity index (χ2n) is 4.74. The van der Waals surface area contributed by atoms with E-state index in [9.17, 15) is 0 Å². The van der Waals surface area contributed by atoms with Crippen molar-refractivity contribution >= 4 is 11.3 Å². The summed E-state index contributed by atoms with van der Waals surface area (Å²) in [5.74, 6) is 0. The Balaban J connectivity index is 2.03. The van der Waals surface area contributed by atoms with Crippen LogP contribution in [0.5, 0.6) is 0 Å². The monoisotopic (exact) mass is 236 g/mol. The van der Waals surface area contributed by atoms with Gasteiger partial charge in [-0.05, 0) is 26.8 Å². The van der Waals surface area contributed by atoms with Gasteiger partial charge in [0, 0.05) is 23.0 Å². The van der Waals surface area contributed by atoms with Crippen LogP contribution in [0.1, 0.15) is 25.8 Å². The average Bonchev–Trinajstić information content (AvgIpc) is 2.84. The summed E-state index contributed by atoms with van der Waals surface area (Å²) in [7, 11) is 0. The van der Waals surface area contributed by atoms with Crippen LogP contribution < -0.4 is 5.32 Å². The molecule has 1 N–H and O–H groups in total. The third-order valence-electron chi connectivity index (χ3n) is 2.14. The summed E-state index contributed by atoms with van der Waals surface area (Å²) in [6, 6.07) is 1.93. The van der Waals surface area contributed by atoms with E-state index >= 15 is 0 Å². The molecule has 0 aliphatic rings. The molecule has 0 saturated heterocycles. The molecule has 0 bridgehead atoms. The number of nitrogens with one attached hydrogen (secondary N) is 1. The van der Waals surface area contributed by atoms with Gasteiger partial charge in [-0.15, -0.1) is 11.3 Å². The molecule has 3 nitrogen and oxygen atoms in total. The third-order valence-corrected chi connectivity index (χ3v) is 2.99. The van der Waals surface area contributed by atoms with E-state index in [0.717, 1.165) is 22.8 Å². The maximum absolute atomic E-state index is 5.04. The van der Waals surface area contributed by atoms with Gasteiger partial charge in [0.1, 0.15) is 5.01 Å². The maximum Gasteiger partial charge on any atom is 0.107 e. The lowest BCUT2D eigenvalue weighted by Crippen LogP contribution is -2.34. The van der Waals surface area contributed by atoms with E-state index < -0.39 is 0 Å². The van der Waals surface area contributed by atoms with Crippen LogP contribution in [0, 0.1) is 0 Å². The summed E-state index contributed by atoms with van der Waals surface area (Å²) in [5.41, 5.74) is 2.16. The van der Waals surface area contributed by atoms with Crippen molar-refractivity contribution in [3.8, 4) is 11.3 Å². The van der Waals surface area contributed by atoms with Crippen molar-refractivity contribution in [3.05, 3.63) is 29.0 Å². The minimum absolute atomic E-state index is 0.126. The zero-order valence-corrected chi connectivity index (χ0v) is 10.6. The summed E-state index contributed by atoms with van der Waals surface area (Å²) >= 11 is 1.67. The molecule has 86 valence electrons. The lowest BCUT2D eigenvalue weighted by atomic mass is 10.1. The zero-order valence-electron chi connectivity index (χ0n) is 9.78. The topological polar surface area (TPSA) is 38.1 Å².